The number of urea groups is 1. The summed E-state index contributed by atoms with van der Waals surface area (Å²) in [5.41, 5.74) is 4.31. The molecule has 4 unspecified atom stereocenters. The lowest BCUT2D eigenvalue weighted by molar-refractivity contribution is -0.136. The summed E-state index contributed by atoms with van der Waals surface area (Å²) in [7, 11) is 3.65. The number of hydrogen-bond acceptors (Lipinski definition) is 4. The number of carbonyl (C=O) groups is 3. The first-order valence-electron chi connectivity index (χ1n) is 17.2. The Morgan fingerprint density at radius 1 is 1.07 bits per heavy atom. The molecule has 3 N–H and O–H groups in total. The number of aromatic amines is 1. The van der Waals surface area contributed by atoms with Crippen LogP contribution < -0.4 is 10.6 Å². The number of likely N-dealkylation sites (tertiary alicyclic amines) is 1. The van der Waals surface area contributed by atoms with Crippen molar-refractivity contribution in [3.8, 4) is 0 Å². The molecule has 246 valence electrons. The Morgan fingerprint density at radius 2 is 1.80 bits per heavy atom. The number of hydrogen-bond donors (Lipinski definition) is 3. The van der Waals surface area contributed by atoms with E-state index >= 15 is 0 Å². The number of carbonyl (C=O) groups excluding carboxylic acids is 3. The van der Waals surface area contributed by atoms with Crippen LogP contribution in [-0.2, 0) is 15.0 Å². The van der Waals surface area contributed by atoms with Crippen LogP contribution in [0.2, 0.25) is 0 Å². The summed E-state index contributed by atoms with van der Waals surface area (Å²) in [6.45, 7) is 7.73. The Labute approximate surface area is 273 Å². The Morgan fingerprint density at radius 3 is 2.52 bits per heavy atom. The number of fused-ring (bicyclic) bond motifs is 3. The van der Waals surface area contributed by atoms with Gasteiger partial charge in [-0.2, -0.15) is 0 Å². The van der Waals surface area contributed by atoms with Gasteiger partial charge in [-0.15, -0.1) is 0 Å². The molecule has 1 aliphatic carbocycles. The quantitative estimate of drug-likeness (QED) is 0.330. The van der Waals surface area contributed by atoms with Crippen LogP contribution in [0.1, 0.15) is 80.9 Å². The predicted octanol–water partition coefficient (Wildman–Crippen LogP) is 4.95. The van der Waals surface area contributed by atoms with Crippen molar-refractivity contribution >= 4 is 28.7 Å². The van der Waals surface area contributed by atoms with Gasteiger partial charge in [0.2, 0.25) is 11.8 Å². The summed E-state index contributed by atoms with van der Waals surface area (Å²) in [5, 5.41) is 7.78. The molecule has 1 aromatic heterocycles. The van der Waals surface area contributed by atoms with Crippen LogP contribution in [0.5, 0.6) is 0 Å². The number of benzene rings is 2. The van der Waals surface area contributed by atoms with E-state index in [9.17, 15) is 14.4 Å². The van der Waals surface area contributed by atoms with E-state index in [2.05, 4.69) is 53.7 Å². The maximum absolute atomic E-state index is 14.6. The zero-order valence-electron chi connectivity index (χ0n) is 27.9. The minimum atomic E-state index is -0.712. The molecule has 0 saturated carbocycles. The van der Waals surface area contributed by atoms with Gasteiger partial charge in [0.25, 0.3) is 0 Å². The van der Waals surface area contributed by atoms with Crippen LogP contribution in [0, 0.1) is 0 Å². The topological polar surface area (TPSA) is 101 Å². The van der Waals surface area contributed by atoms with E-state index < -0.39 is 6.04 Å². The molecule has 0 radical (unpaired) electrons. The Balaban J connectivity index is 1.25. The van der Waals surface area contributed by atoms with E-state index in [1.165, 1.54) is 5.56 Å². The molecular weight excluding hydrogens is 576 g/mol. The number of piperidine rings is 2. The highest BCUT2D eigenvalue weighted by molar-refractivity contribution is 5.91. The number of rotatable bonds is 8. The highest BCUT2D eigenvalue weighted by Crippen LogP contribution is 2.52. The third-order valence-electron chi connectivity index (χ3n) is 10.9. The van der Waals surface area contributed by atoms with Crippen molar-refractivity contribution in [2.45, 2.75) is 81.7 Å². The van der Waals surface area contributed by atoms with Gasteiger partial charge in [-0.3, -0.25) is 9.59 Å². The minimum Gasteiger partial charge on any atom is -0.361 e. The van der Waals surface area contributed by atoms with Gasteiger partial charge in [0.15, 0.2) is 0 Å². The molecule has 9 heteroatoms. The molecule has 4 atom stereocenters. The Bertz CT molecular complexity index is 1550. The van der Waals surface area contributed by atoms with Crippen molar-refractivity contribution in [1.82, 2.24) is 30.3 Å². The molecule has 2 fully saturated rings. The summed E-state index contributed by atoms with van der Waals surface area (Å²) < 4.78 is 0. The standard InChI is InChI=1S/C37H50N6O3/c1-5-19-43(26-11-10-18-38-23-26)36(46)40-33(25(2)30-24-39-32-15-9-7-13-28(30)32)35(45)42-20-16-37(17-21-42)22-29(34(44)41(3)4)27-12-6-8-14-31(27)37/h6-9,12-15,24-26,29,33,38-39H,5,10-11,16-23H2,1-4H3,(H,40,46). The number of para-hydroxylation sites is 1. The maximum Gasteiger partial charge on any atom is 0.318 e. The highest BCUT2D eigenvalue weighted by atomic mass is 16.2. The van der Waals surface area contributed by atoms with Gasteiger partial charge < -0.3 is 30.3 Å². The fourth-order valence-electron chi connectivity index (χ4n) is 8.31. The molecule has 3 aromatic rings. The van der Waals surface area contributed by atoms with Crippen molar-refractivity contribution in [3.63, 3.8) is 0 Å². The van der Waals surface area contributed by atoms with Gasteiger partial charge in [0, 0.05) is 74.7 Å². The fraction of sp³-hybridized carbons (Fsp3) is 0.541. The van der Waals surface area contributed by atoms with Gasteiger partial charge in [0.05, 0.1) is 5.92 Å². The lowest BCUT2D eigenvalue weighted by atomic mass is 9.73. The molecule has 0 bridgehead atoms. The molecule has 9 nitrogen and oxygen atoms in total. The molecule has 6 rings (SSSR count). The Hall–Kier alpha value is -3.85. The van der Waals surface area contributed by atoms with Crippen molar-refractivity contribution in [2.75, 3.05) is 46.8 Å². The average Bonchev–Trinajstić information content (AvgIpc) is 3.65. The van der Waals surface area contributed by atoms with Gasteiger partial charge in [-0.1, -0.05) is 56.3 Å². The first-order valence-corrected chi connectivity index (χ1v) is 17.2. The zero-order chi connectivity index (χ0) is 32.4. The van der Waals surface area contributed by atoms with E-state index in [0.29, 0.717) is 19.6 Å². The number of aromatic nitrogens is 1. The molecule has 2 aromatic carbocycles. The molecule has 3 aliphatic rings. The lowest BCUT2D eigenvalue weighted by Gasteiger charge is -2.42. The SMILES string of the molecule is CCCN(C(=O)NC(C(=O)N1CCC2(CC1)CC(C(=O)N(C)C)c1ccccc12)C(C)c1c[nH]c2ccccc12)C1CCCNC1. The highest BCUT2D eigenvalue weighted by Gasteiger charge is 2.49. The van der Waals surface area contributed by atoms with Crippen LogP contribution >= 0.6 is 0 Å². The van der Waals surface area contributed by atoms with Crippen LogP contribution in [0.4, 0.5) is 4.79 Å². The smallest absolute Gasteiger partial charge is 0.318 e. The number of amides is 4. The Kier molecular flexibility index (Phi) is 9.41. The van der Waals surface area contributed by atoms with Crippen molar-refractivity contribution in [2.24, 2.45) is 0 Å². The van der Waals surface area contributed by atoms with E-state index in [4.69, 9.17) is 0 Å². The zero-order valence-corrected chi connectivity index (χ0v) is 27.9. The molecular formula is C37H50N6O3. The number of nitrogens with one attached hydrogen (secondary N) is 3. The molecule has 2 saturated heterocycles. The van der Waals surface area contributed by atoms with E-state index in [0.717, 1.165) is 73.6 Å². The van der Waals surface area contributed by atoms with Gasteiger partial charge in [0.1, 0.15) is 6.04 Å². The molecule has 46 heavy (non-hydrogen) atoms. The summed E-state index contributed by atoms with van der Waals surface area (Å²) in [6, 6.07) is 15.7. The largest absolute Gasteiger partial charge is 0.361 e. The van der Waals surface area contributed by atoms with Gasteiger partial charge in [-0.05, 0) is 67.8 Å². The number of likely N-dealkylation sites (N-methyl/N-ethyl adjacent to an activating group) is 1. The van der Waals surface area contributed by atoms with Crippen LogP contribution in [0.25, 0.3) is 10.9 Å². The second-order valence-electron chi connectivity index (χ2n) is 13.9. The monoisotopic (exact) mass is 626 g/mol. The van der Waals surface area contributed by atoms with Crippen LogP contribution in [-0.4, -0.2) is 96.4 Å². The fourth-order valence-corrected chi connectivity index (χ4v) is 8.31. The van der Waals surface area contributed by atoms with Gasteiger partial charge >= 0.3 is 6.03 Å². The summed E-state index contributed by atoms with van der Waals surface area (Å²) in [6.07, 6.45) is 7.21. The lowest BCUT2D eigenvalue weighted by Crippen LogP contribution is -2.59. The summed E-state index contributed by atoms with van der Waals surface area (Å²) in [5.74, 6) is -0.290. The van der Waals surface area contributed by atoms with Crippen molar-refractivity contribution in [1.29, 1.82) is 0 Å². The summed E-state index contributed by atoms with van der Waals surface area (Å²) in [4.78, 5) is 50.8. The molecule has 2 aliphatic heterocycles. The average molecular weight is 627 g/mol. The summed E-state index contributed by atoms with van der Waals surface area (Å²) >= 11 is 0. The van der Waals surface area contributed by atoms with E-state index in [-0.39, 0.29) is 41.1 Å². The molecule has 3 heterocycles. The second kappa shape index (κ2) is 13.5. The first kappa shape index (κ1) is 32.1. The number of H-pyrrole nitrogens is 1. The van der Waals surface area contributed by atoms with E-state index in [1.54, 1.807) is 4.90 Å². The third-order valence-corrected chi connectivity index (χ3v) is 10.9. The normalized spacial score (nSPS) is 21.9. The number of nitrogens with zero attached hydrogens (tertiary/aromatic N) is 3. The van der Waals surface area contributed by atoms with Gasteiger partial charge in [-0.25, -0.2) is 4.79 Å². The first-order chi connectivity index (χ1) is 22.2. The second-order valence-corrected chi connectivity index (χ2v) is 13.9. The molecule has 4 amide bonds. The van der Waals surface area contributed by atoms with E-state index in [1.807, 2.05) is 54.4 Å². The van der Waals surface area contributed by atoms with Crippen molar-refractivity contribution < 1.29 is 14.4 Å². The predicted molar refractivity (Wildman–Crippen MR) is 182 cm³/mol. The minimum absolute atomic E-state index is 0.0357. The van der Waals surface area contributed by atoms with Crippen LogP contribution in [0.3, 0.4) is 0 Å². The maximum atomic E-state index is 14.6. The van der Waals surface area contributed by atoms with Crippen molar-refractivity contribution in [3.05, 3.63) is 71.4 Å². The van der Waals surface area contributed by atoms with Crippen LogP contribution in [0.15, 0.2) is 54.7 Å². The molecule has 1 spiro atoms. The third kappa shape index (κ3) is 6.01.